The summed E-state index contributed by atoms with van der Waals surface area (Å²) in [6, 6.07) is 9.42. The average molecular weight is 488 g/mol. The summed E-state index contributed by atoms with van der Waals surface area (Å²) >= 11 is 0. The zero-order valence-corrected chi connectivity index (χ0v) is 19.4. The molecule has 1 aliphatic heterocycles. The van der Waals surface area contributed by atoms with Gasteiger partial charge in [-0.25, -0.2) is 17.1 Å². The van der Waals surface area contributed by atoms with Crippen molar-refractivity contribution in [3.8, 4) is 11.4 Å². The van der Waals surface area contributed by atoms with Crippen molar-refractivity contribution in [1.29, 1.82) is 0 Å². The zero-order chi connectivity index (χ0) is 24.0. The molecular formula is C23H26FN5O4S. The van der Waals surface area contributed by atoms with Crippen LogP contribution in [0.5, 0.6) is 0 Å². The molecule has 0 bridgehead atoms. The highest BCUT2D eigenvalue weighted by molar-refractivity contribution is 7.88. The van der Waals surface area contributed by atoms with Gasteiger partial charge in [-0.3, -0.25) is 9.78 Å². The van der Waals surface area contributed by atoms with E-state index in [1.165, 1.54) is 22.5 Å². The van der Waals surface area contributed by atoms with E-state index >= 15 is 0 Å². The molecule has 2 aromatic heterocycles. The summed E-state index contributed by atoms with van der Waals surface area (Å²) in [6.07, 6.45) is 5.04. The van der Waals surface area contributed by atoms with E-state index in [0.717, 1.165) is 5.56 Å². The van der Waals surface area contributed by atoms with E-state index in [-0.39, 0.29) is 36.9 Å². The predicted octanol–water partition coefficient (Wildman–Crippen LogP) is 2.88. The van der Waals surface area contributed by atoms with E-state index in [4.69, 9.17) is 4.52 Å². The fourth-order valence-corrected chi connectivity index (χ4v) is 5.50. The smallest absolute Gasteiger partial charge is 0.230 e. The lowest BCUT2D eigenvalue weighted by molar-refractivity contribution is -0.121. The SMILES string of the molecule is O=C1CCN(S(=O)(=O)Cc2ccccc2F)CCCC(c2nc(-c3cccnc3)no2)CCN1. The zero-order valence-electron chi connectivity index (χ0n) is 18.6. The molecule has 11 heteroatoms. The molecule has 9 nitrogen and oxygen atoms in total. The Balaban J connectivity index is 1.48. The van der Waals surface area contributed by atoms with Gasteiger partial charge in [-0.2, -0.15) is 4.98 Å². The number of halogens is 1. The van der Waals surface area contributed by atoms with Crippen LogP contribution in [0.15, 0.2) is 53.3 Å². The van der Waals surface area contributed by atoms with Gasteiger partial charge in [0.25, 0.3) is 0 Å². The lowest BCUT2D eigenvalue weighted by Crippen LogP contribution is -2.36. The summed E-state index contributed by atoms with van der Waals surface area (Å²) < 4.78 is 46.9. The lowest BCUT2D eigenvalue weighted by Gasteiger charge is -2.22. The van der Waals surface area contributed by atoms with Crippen molar-refractivity contribution in [3.05, 3.63) is 66.1 Å². The summed E-state index contributed by atoms with van der Waals surface area (Å²) in [5, 5.41) is 6.87. The second-order valence-electron chi connectivity index (χ2n) is 8.17. The molecule has 4 rings (SSSR count). The molecule has 0 radical (unpaired) electrons. The number of amides is 1. The molecule has 1 fully saturated rings. The predicted molar refractivity (Wildman–Crippen MR) is 122 cm³/mol. The number of sulfonamides is 1. The van der Waals surface area contributed by atoms with Crippen molar-refractivity contribution in [2.24, 2.45) is 0 Å². The van der Waals surface area contributed by atoms with Gasteiger partial charge >= 0.3 is 0 Å². The first-order valence-corrected chi connectivity index (χ1v) is 12.8. The molecule has 1 aromatic carbocycles. The fraction of sp³-hybridized carbons (Fsp3) is 0.391. The number of carbonyl (C=O) groups excluding carboxylic acids is 1. The highest BCUT2D eigenvalue weighted by atomic mass is 32.2. The van der Waals surface area contributed by atoms with E-state index in [2.05, 4.69) is 20.4 Å². The van der Waals surface area contributed by atoms with Crippen molar-refractivity contribution < 1.29 is 22.1 Å². The van der Waals surface area contributed by atoms with Gasteiger partial charge in [-0.05, 0) is 37.5 Å². The Bertz CT molecular complexity index is 1220. The van der Waals surface area contributed by atoms with Gasteiger partial charge < -0.3 is 9.84 Å². The standard InChI is InChI=1S/C23H26FN5O4S/c24-20-8-2-1-5-19(20)16-34(31,32)29-13-4-7-17(9-12-26-21(30)10-14-29)23-27-22(28-33-23)18-6-3-11-25-15-18/h1-3,5-6,8,11,15,17H,4,7,9-10,12-14,16H2,(H,26,30). The van der Waals surface area contributed by atoms with Crippen LogP contribution in [0.4, 0.5) is 4.39 Å². The fourth-order valence-electron chi connectivity index (χ4n) is 3.91. The van der Waals surface area contributed by atoms with E-state index in [0.29, 0.717) is 37.5 Å². The van der Waals surface area contributed by atoms with Crippen LogP contribution >= 0.6 is 0 Å². The first-order chi connectivity index (χ1) is 16.4. The van der Waals surface area contributed by atoms with Crippen LogP contribution in [0.3, 0.4) is 0 Å². The van der Waals surface area contributed by atoms with Crippen LogP contribution in [0, 0.1) is 5.82 Å². The van der Waals surface area contributed by atoms with E-state index in [1.54, 1.807) is 24.5 Å². The second kappa shape index (κ2) is 10.8. The van der Waals surface area contributed by atoms with Crippen LogP contribution in [0.25, 0.3) is 11.4 Å². The Labute approximate surface area is 197 Å². The Morgan fingerprint density at radius 3 is 2.79 bits per heavy atom. The number of rotatable bonds is 5. The molecule has 0 aliphatic carbocycles. The Morgan fingerprint density at radius 2 is 2.00 bits per heavy atom. The van der Waals surface area contributed by atoms with E-state index in [9.17, 15) is 17.6 Å². The van der Waals surface area contributed by atoms with E-state index < -0.39 is 21.6 Å². The molecule has 1 amide bonds. The van der Waals surface area contributed by atoms with E-state index in [1.807, 2.05) is 6.07 Å². The van der Waals surface area contributed by atoms with Crippen molar-refractivity contribution in [1.82, 2.24) is 24.7 Å². The van der Waals surface area contributed by atoms with Crippen LogP contribution in [0.1, 0.15) is 43.1 Å². The molecule has 180 valence electrons. The first-order valence-electron chi connectivity index (χ1n) is 11.1. The molecule has 3 aromatic rings. The Morgan fingerprint density at radius 1 is 1.15 bits per heavy atom. The Hall–Kier alpha value is -3.18. The van der Waals surface area contributed by atoms with Crippen molar-refractivity contribution in [2.75, 3.05) is 19.6 Å². The number of hydrogen-bond donors (Lipinski definition) is 1. The summed E-state index contributed by atoms with van der Waals surface area (Å²) in [7, 11) is -3.82. The van der Waals surface area contributed by atoms with Crippen molar-refractivity contribution in [2.45, 2.75) is 37.4 Å². The maximum atomic E-state index is 14.1. The normalized spacial score (nSPS) is 18.7. The number of pyridine rings is 1. The highest BCUT2D eigenvalue weighted by Crippen LogP contribution is 2.27. The third-order valence-corrected chi connectivity index (χ3v) is 7.59. The minimum atomic E-state index is -3.82. The van der Waals surface area contributed by atoms with Gasteiger partial charge in [0.1, 0.15) is 5.82 Å². The van der Waals surface area contributed by atoms with Gasteiger partial charge in [0.2, 0.25) is 27.6 Å². The Kier molecular flexibility index (Phi) is 7.63. The minimum absolute atomic E-state index is 0.0346. The molecule has 1 saturated heterocycles. The number of aromatic nitrogens is 3. The number of hydrogen-bond acceptors (Lipinski definition) is 7. The molecule has 1 atom stereocenters. The average Bonchev–Trinajstić information content (AvgIpc) is 3.30. The van der Waals surface area contributed by atoms with Crippen molar-refractivity contribution in [3.63, 3.8) is 0 Å². The number of nitrogens with zero attached hydrogens (tertiary/aromatic N) is 4. The van der Waals surface area contributed by atoms with Crippen LogP contribution in [-0.4, -0.2) is 53.4 Å². The highest BCUT2D eigenvalue weighted by Gasteiger charge is 2.27. The van der Waals surface area contributed by atoms with Crippen LogP contribution in [-0.2, 0) is 20.6 Å². The van der Waals surface area contributed by atoms with Gasteiger partial charge in [-0.15, -0.1) is 0 Å². The molecular weight excluding hydrogens is 461 g/mol. The molecule has 34 heavy (non-hydrogen) atoms. The van der Waals surface area contributed by atoms with Crippen molar-refractivity contribution >= 4 is 15.9 Å². The monoisotopic (exact) mass is 487 g/mol. The number of benzene rings is 1. The van der Waals surface area contributed by atoms with Crippen LogP contribution < -0.4 is 5.32 Å². The quantitative estimate of drug-likeness (QED) is 0.588. The van der Waals surface area contributed by atoms with Gasteiger partial charge in [-0.1, -0.05) is 23.4 Å². The third kappa shape index (κ3) is 6.03. The maximum Gasteiger partial charge on any atom is 0.230 e. The maximum absolute atomic E-state index is 14.1. The molecule has 1 N–H and O–H groups in total. The third-order valence-electron chi connectivity index (χ3n) is 5.76. The molecule has 1 unspecified atom stereocenters. The van der Waals surface area contributed by atoms with Crippen LogP contribution in [0.2, 0.25) is 0 Å². The molecule has 0 spiro atoms. The second-order valence-corrected chi connectivity index (χ2v) is 10.1. The summed E-state index contributed by atoms with van der Waals surface area (Å²) in [6.45, 7) is 0.666. The summed E-state index contributed by atoms with van der Waals surface area (Å²) in [5.41, 5.74) is 0.834. The summed E-state index contributed by atoms with van der Waals surface area (Å²) in [5.74, 6) is -0.546. The summed E-state index contributed by atoms with van der Waals surface area (Å²) in [4.78, 5) is 20.8. The van der Waals surface area contributed by atoms with Gasteiger partial charge in [0.05, 0.1) is 5.75 Å². The number of nitrogens with one attached hydrogen (secondary N) is 1. The largest absolute Gasteiger partial charge is 0.356 e. The molecule has 0 saturated carbocycles. The topological polar surface area (TPSA) is 118 Å². The van der Waals surface area contributed by atoms with Gasteiger partial charge in [0, 0.05) is 55.5 Å². The lowest BCUT2D eigenvalue weighted by atomic mass is 9.99. The molecule has 1 aliphatic rings. The first kappa shape index (κ1) is 24.0. The molecule has 3 heterocycles. The number of carbonyl (C=O) groups is 1. The van der Waals surface area contributed by atoms with Gasteiger partial charge in [0.15, 0.2) is 0 Å². The minimum Gasteiger partial charge on any atom is -0.356 e.